The fraction of sp³-hybridized carbons (Fsp3) is 0.818. The number of ether oxygens (including phenoxy) is 1. The van der Waals surface area contributed by atoms with Gasteiger partial charge in [-0.15, -0.1) is 0 Å². The number of hydrogen-bond acceptors (Lipinski definition) is 3. The van der Waals surface area contributed by atoms with Crippen LogP contribution < -0.4 is 0 Å². The van der Waals surface area contributed by atoms with Gasteiger partial charge in [0.25, 0.3) is 0 Å². The van der Waals surface area contributed by atoms with E-state index in [0.717, 1.165) is 6.42 Å². The maximum Gasteiger partial charge on any atom is 0.305 e. The molecule has 0 aromatic heterocycles. The highest BCUT2D eigenvalue weighted by Crippen LogP contribution is 2.06. The van der Waals surface area contributed by atoms with Crippen LogP contribution in [0.25, 0.3) is 0 Å². The summed E-state index contributed by atoms with van der Waals surface area (Å²) in [7, 11) is 3.14. The average molecular weight is 215 g/mol. The highest BCUT2D eigenvalue weighted by atomic mass is 16.5. The van der Waals surface area contributed by atoms with E-state index < -0.39 is 0 Å². The first-order valence-electron chi connectivity index (χ1n) is 5.34. The minimum atomic E-state index is -0.223. The lowest BCUT2D eigenvalue weighted by Gasteiger charge is -2.20. The molecule has 0 rings (SSSR count). The molecule has 0 aromatic rings. The smallest absolute Gasteiger partial charge is 0.305 e. The SMILES string of the molecule is CCC(C)C(=O)N(C)CCCC(=O)OC. The predicted octanol–water partition coefficient (Wildman–Crippen LogP) is 1.44. The average Bonchev–Trinajstić information content (AvgIpc) is 2.26. The third-order valence-corrected chi connectivity index (χ3v) is 2.51. The molecule has 0 fully saturated rings. The summed E-state index contributed by atoms with van der Waals surface area (Å²) in [6.07, 6.45) is 1.88. The number of esters is 1. The molecule has 0 radical (unpaired) electrons. The van der Waals surface area contributed by atoms with E-state index in [2.05, 4.69) is 4.74 Å². The summed E-state index contributed by atoms with van der Waals surface area (Å²) in [5.41, 5.74) is 0. The Kier molecular flexibility index (Phi) is 6.75. The lowest BCUT2D eigenvalue weighted by Crippen LogP contribution is -2.32. The molecule has 88 valence electrons. The van der Waals surface area contributed by atoms with Crippen LogP contribution in [0.3, 0.4) is 0 Å². The van der Waals surface area contributed by atoms with Gasteiger partial charge in [-0.05, 0) is 12.8 Å². The molecule has 1 atom stereocenters. The van der Waals surface area contributed by atoms with Crippen molar-refractivity contribution in [3.05, 3.63) is 0 Å². The minimum Gasteiger partial charge on any atom is -0.469 e. The molecule has 4 nitrogen and oxygen atoms in total. The van der Waals surface area contributed by atoms with E-state index in [4.69, 9.17) is 0 Å². The highest BCUT2D eigenvalue weighted by molar-refractivity contribution is 5.78. The number of carbonyl (C=O) groups is 2. The zero-order valence-corrected chi connectivity index (χ0v) is 10.1. The van der Waals surface area contributed by atoms with Gasteiger partial charge in [0.05, 0.1) is 7.11 Å². The van der Waals surface area contributed by atoms with Crippen LogP contribution in [0.1, 0.15) is 33.1 Å². The Morgan fingerprint density at radius 1 is 1.40 bits per heavy atom. The molecule has 4 heteroatoms. The Morgan fingerprint density at radius 3 is 2.47 bits per heavy atom. The summed E-state index contributed by atoms with van der Waals surface area (Å²) in [5.74, 6) is -0.0186. The van der Waals surface area contributed by atoms with E-state index >= 15 is 0 Å². The van der Waals surface area contributed by atoms with Crippen LogP contribution in [-0.2, 0) is 14.3 Å². The number of rotatable bonds is 6. The van der Waals surface area contributed by atoms with Gasteiger partial charge in [-0.3, -0.25) is 9.59 Å². The van der Waals surface area contributed by atoms with Crippen molar-refractivity contribution >= 4 is 11.9 Å². The monoisotopic (exact) mass is 215 g/mol. The molecule has 0 saturated carbocycles. The largest absolute Gasteiger partial charge is 0.469 e. The summed E-state index contributed by atoms with van der Waals surface area (Å²) in [6, 6.07) is 0. The number of nitrogens with zero attached hydrogens (tertiary/aromatic N) is 1. The Morgan fingerprint density at radius 2 is 2.00 bits per heavy atom. The maximum atomic E-state index is 11.6. The Hall–Kier alpha value is -1.06. The molecule has 15 heavy (non-hydrogen) atoms. The molecule has 0 saturated heterocycles. The Labute approximate surface area is 91.6 Å². The van der Waals surface area contributed by atoms with Gasteiger partial charge in [0.1, 0.15) is 0 Å². The van der Waals surface area contributed by atoms with Crippen molar-refractivity contribution < 1.29 is 14.3 Å². The van der Waals surface area contributed by atoms with Gasteiger partial charge in [0, 0.05) is 25.9 Å². The lowest BCUT2D eigenvalue weighted by molar-refractivity contribution is -0.141. The van der Waals surface area contributed by atoms with E-state index in [9.17, 15) is 9.59 Å². The number of amides is 1. The van der Waals surface area contributed by atoms with Crippen LogP contribution in [0.4, 0.5) is 0 Å². The first-order valence-corrected chi connectivity index (χ1v) is 5.34. The van der Waals surface area contributed by atoms with E-state index in [1.165, 1.54) is 7.11 Å². The second-order valence-corrected chi connectivity index (χ2v) is 3.75. The van der Waals surface area contributed by atoms with Crippen molar-refractivity contribution in [3.63, 3.8) is 0 Å². The molecule has 0 spiro atoms. The Balaban J connectivity index is 3.78. The van der Waals surface area contributed by atoms with Crippen LogP contribution in [-0.4, -0.2) is 37.5 Å². The minimum absolute atomic E-state index is 0.0631. The summed E-state index contributed by atoms with van der Waals surface area (Å²) in [4.78, 5) is 24.1. The number of hydrogen-bond donors (Lipinski definition) is 0. The Bertz CT molecular complexity index is 216. The first kappa shape index (κ1) is 13.9. The van der Waals surface area contributed by atoms with Crippen molar-refractivity contribution in [2.24, 2.45) is 5.92 Å². The van der Waals surface area contributed by atoms with Gasteiger partial charge in [-0.25, -0.2) is 0 Å². The van der Waals surface area contributed by atoms with Crippen LogP contribution in [0.2, 0.25) is 0 Å². The van der Waals surface area contributed by atoms with Crippen molar-refractivity contribution in [2.75, 3.05) is 20.7 Å². The summed E-state index contributed by atoms with van der Waals surface area (Å²) >= 11 is 0. The standard InChI is InChI=1S/C11H21NO3/c1-5-9(2)11(14)12(3)8-6-7-10(13)15-4/h9H,5-8H2,1-4H3. The molecule has 0 aromatic carbocycles. The lowest BCUT2D eigenvalue weighted by atomic mass is 10.1. The third-order valence-electron chi connectivity index (χ3n) is 2.51. The van der Waals surface area contributed by atoms with Gasteiger partial charge in [-0.1, -0.05) is 13.8 Å². The molecule has 1 unspecified atom stereocenters. The predicted molar refractivity (Wildman–Crippen MR) is 58.3 cm³/mol. The summed E-state index contributed by atoms with van der Waals surface area (Å²) in [5, 5.41) is 0. The van der Waals surface area contributed by atoms with Gasteiger partial charge in [0.2, 0.25) is 5.91 Å². The summed E-state index contributed by atoms with van der Waals surface area (Å²) in [6.45, 7) is 4.52. The molecule has 0 N–H and O–H groups in total. The molecular weight excluding hydrogens is 194 g/mol. The highest BCUT2D eigenvalue weighted by Gasteiger charge is 2.15. The van der Waals surface area contributed by atoms with Crippen LogP contribution >= 0.6 is 0 Å². The second-order valence-electron chi connectivity index (χ2n) is 3.75. The zero-order chi connectivity index (χ0) is 11.8. The topological polar surface area (TPSA) is 46.6 Å². The van der Waals surface area contributed by atoms with Gasteiger partial charge in [0.15, 0.2) is 0 Å². The van der Waals surface area contributed by atoms with Crippen LogP contribution in [0.15, 0.2) is 0 Å². The fourth-order valence-corrected chi connectivity index (χ4v) is 1.22. The molecule has 0 bridgehead atoms. The van der Waals surface area contributed by atoms with E-state index in [0.29, 0.717) is 19.4 Å². The van der Waals surface area contributed by atoms with Crippen molar-refractivity contribution in [3.8, 4) is 0 Å². The van der Waals surface area contributed by atoms with E-state index in [-0.39, 0.29) is 17.8 Å². The van der Waals surface area contributed by atoms with Crippen LogP contribution in [0, 0.1) is 5.92 Å². The quantitative estimate of drug-likeness (QED) is 0.630. The molecular formula is C11H21NO3. The second kappa shape index (κ2) is 7.26. The van der Waals surface area contributed by atoms with Crippen molar-refractivity contribution in [1.29, 1.82) is 0 Å². The molecule has 0 heterocycles. The van der Waals surface area contributed by atoms with Crippen LogP contribution in [0.5, 0.6) is 0 Å². The third kappa shape index (κ3) is 5.40. The fourth-order valence-electron chi connectivity index (χ4n) is 1.22. The number of methoxy groups -OCH3 is 1. The molecule has 0 aliphatic carbocycles. The first-order chi connectivity index (χ1) is 7.02. The van der Waals surface area contributed by atoms with Crippen molar-refractivity contribution in [2.45, 2.75) is 33.1 Å². The maximum absolute atomic E-state index is 11.6. The van der Waals surface area contributed by atoms with E-state index in [1.54, 1.807) is 11.9 Å². The number of carbonyl (C=O) groups excluding carboxylic acids is 2. The molecule has 0 aliphatic heterocycles. The van der Waals surface area contributed by atoms with Gasteiger partial charge < -0.3 is 9.64 Å². The van der Waals surface area contributed by atoms with Crippen molar-refractivity contribution in [1.82, 2.24) is 4.90 Å². The van der Waals surface area contributed by atoms with Gasteiger partial charge in [-0.2, -0.15) is 0 Å². The normalized spacial score (nSPS) is 12.0. The van der Waals surface area contributed by atoms with Gasteiger partial charge >= 0.3 is 5.97 Å². The molecule has 0 aliphatic rings. The molecule has 1 amide bonds. The van der Waals surface area contributed by atoms with E-state index in [1.807, 2.05) is 13.8 Å². The summed E-state index contributed by atoms with van der Waals surface area (Å²) < 4.78 is 4.52. The zero-order valence-electron chi connectivity index (χ0n) is 10.1.